The average molecular weight is 258 g/mol. The van der Waals surface area contributed by atoms with Gasteiger partial charge in [-0.05, 0) is 17.7 Å². The number of rotatable bonds is 4. The summed E-state index contributed by atoms with van der Waals surface area (Å²) >= 11 is 0. The number of hydrogen-bond donors (Lipinski definition) is 2. The van der Waals surface area contributed by atoms with Gasteiger partial charge in [0.25, 0.3) is 0 Å². The summed E-state index contributed by atoms with van der Waals surface area (Å²) in [7, 11) is -4.28. The van der Waals surface area contributed by atoms with Gasteiger partial charge in [0.15, 0.2) is 11.5 Å². The molecule has 0 bridgehead atoms. The highest BCUT2D eigenvalue weighted by molar-refractivity contribution is 7.52. The van der Waals surface area contributed by atoms with Crippen LogP contribution in [0.4, 0.5) is 0 Å². The Hall–Kier alpha value is -1.36. The second-order valence-corrected chi connectivity index (χ2v) is 5.37. The predicted molar refractivity (Wildman–Crippen MR) is 58.2 cm³/mol. The van der Waals surface area contributed by atoms with Gasteiger partial charge in [-0.2, -0.15) is 0 Å². The number of Topliss-reactive ketones (excluding diaryl/α,β-unsaturated/α-hetero) is 1. The molecule has 2 N–H and O–H groups in total. The van der Waals surface area contributed by atoms with Crippen LogP contribution >= 0.6 is 7.60 Å². The van der Waals surface area contributed by atoms with Crippen LogP contribution in [0.15, 0.2) is 18.2 Å². The van der Waals surface area contributed by atoms with Gasteiger partial charge in [-0.3, -0.25) is 9.36 Å². The molecule has 2 rings (SSSR count). The van der Waals surface area contributed by atoms with E-state index in [9.17, 15) is 9.36 Å². The zero-order valence-electron chi connectivity index (χ0n) is 8.83. The molecule has 1 aromatic rings. The van der Waals surface area contributed by atoms with E-state index >= 15 is 0 Å². The number of carbonyl (C=O) groups is 1. The van der Waals surface area contributed by atoms with Crippen LogP contribution in [0.3, 0.4) is 0 Å². The third-order valence-corrected chi connectivity index (χ3v) is 2.99. The summed E-state index contributed by atoms with van der Waals surface area (Å²) in [5.74, 6) is 0.653. The van der Waals surface area contributed by atoms with E-state index in [2.05, 4.69) is 0 Å². The number of fused-ring (bicyclic) bond motifs is 1. The highest BCUT2D eigenvalue weighted by Crippen LogP contribution is 2.35. The Kier molecular flexibility index (Phi) is 3.19. The quantitative estimate of drug-likeness (QED) is 0.772. The Morgan fingerprint density at radius 2 is 2.00 bits per heavy atom. The molecule has 1 heterocycles. The number of ketones is 1. The van der Waals surface area contributed by atoms with E-state index in [1.165, 1.54) is 0 Å². The van der Waals surface area contributed by atoms with Crippen molar-refractivity contribution in [1.82, 2.24) is 0 Å². The van der Waals surface area contributed by atoms with E-state index in [1.807, 2.05) is 0 Å². The zero-order chi connectivity index (χ0) is 12.5. The van der Waals surface area contributed by atoms with E-state index in [4.69, 9.17) is 19.3 Å². The molecule has 17 heavy (non-hydrogen) atoms. The maximum absolute atomic E-state index is 11.4. The molecule has 0 fully saturated rings. The molecule has 92 valence electrons. The molecule has 0 aliphatic carbocycles. The fraction of sp³-hybridized carbons (Fsp3) is 0.300. The summed E-state index contributed by atoms with van der Waals surface area (Å²) in [4.78, 5) is 28.7. The molecule has 1 aliphatic rings. The first-order chi connectivity index (χ1) is 7.94. The van der Waals surface area contributed by atoms with Crippen LogP contribution < -0.4 is 9.47 Å². The fourth-order valence-corrected chi connectivity index (χ4v) is 2.14. The lowest BCUT2D eigenvalue weighted by atomic mass is 10.1. The lowest BCUT2D eigenvalue weighted by Crippen LogP contribution is -2.08. The van der Waals surface area contributed by atoms with Gasteiger partial charge < -0.3 is 19.3 Å². The number of hydrogen-bond acceptors (Lipinski definition) is 4. The Bertz CT molecular complexity index is 492. The van der Waals surface area contributed by atoms with E-state index in [0.717, 1.165) is 0 Å². The van der Waals surface area contributed by atoms with Crippen molar-refractivity contribution in [1.29, 1.82) is 0 Å². The Balaban J connectivity index is 2.04. The van der Waals surface area contributed by atoms with Crippen molar-refractivity contribution in [2.24, 2.45) is 0 Å². The minimum atomic E-state index is -4.28. The Morgan fingerprint density at radius 3 is 2.71 bits per heavy atom. The molecule has 0 spiro atoms. The van der Waals surface area contributed by atoms with Crippen molar-refractivity contribution >= 4 is 13.4 Å². The van der Waals surface area contributed by atoms with Crippen molar-refractivity contribution in [3.8, 4) is 11.5 Å². The second kappa shape index (κ2) is 4.49. The van der Waals surface area contributed by atoms with E-state index in [1.54, 1.807) is 18.2 Å². The standard InChI is InChI=1S/C10H11O6P/c11-8(5-17(12,13)14)3-7-1-2-9-10(4-7)16-6-15-9/h1-2,4H,3,5-6H2,(H2,12,13,14). The van der Waals surface area contributed by atoms with Crippen LogP contribution in [0.5, 0.6) is 11.5 Å². The molecular formula is C10H11O6P. The van der Waals surface area contributed by atoms with Crippen LogP contribution in [0, 0.1) is 0 Å². The van der Waals surface area contributed by atoms with Gasteiger partial charge in [-0.25, -0.2) is 0 Å². The minimum absolute atomic E-state index is 0.0260. The summed E-state index contributed by atoms with van der Waals surface area (Å²) in [6.07, 6.45) is -0.761. The van der Waals surface area contributed by atoms with Crippen LogP contribution in [0.2, 0.25) is 0 Å². The average Bonchev–Trinajstić information content (AvgIpc) is 2.61. The topological polar surface area (TPSA) is 93.1 Å². The second-order valence-electron chi connectivity index (χ2n) is 3.73. The van der Waals surface area contributed by atoms with Gasteiger partial charge in [0, 0.05) is 6.42 Å². The monoisotopic (exact) mass is 258 g/mol. The van der Waals surface area contributed by atoms with Gasteiger partial charge in [0.1, 0.15) is 11.9 Å². The highest BCUT2D eigenvalue weighted by atomic mass is 31.2. The Morgan fingerprint density at radius 1 is 1.29 bits per heavy atom. The van der Waals surface area contributed by atoms with Gasteiger partial charge in [-0.1, -0.05) is 6.07 Å². The zero-order valence-corrected chi connectivity index (χ0v) is 9.72. The molecule has 0 saturated heterocycles. The van der Waals surface area contributed by atoms with Crippen LogP contribution in [0.25, 0.3) is 0 Å². The van der Waals surface area contributed by atoms with Crippen LogP contribution in [-0.2, 0) is 15.8 Å². The highest BCUT2D eigenvalue weighted by Gasteiger charge is 2.20. The predicted octanol–water partition coefficient (Wildman–Crippen LogP) is 0.705. The summed E-state index contributed by atoms with van der Waals surface area (Å²) in [6, 6.07) is 4.98. The third kappa shape index (κ3) is 3.30. The maximum atomic E-state index is 11.4. The number of benzene rings is 1. The van der Waals surface area contributed by atoms with E-state index in [0.29, 0.717) is 17.1 Å². The number of carbonyl (C=O) groups excluding carboxylic acids is 1. The van der Waals surface area contributed by atoms with Crippen molar-refractivity contribution in [3.05, 3.63) is 23.8 Å². The molecule has 0 radical (unpaired) electrons. The third-order valence-electron chi connectivity index (χ3n) is 2.22. The van der Waals surface area contributed by atoms with Gasteiger partial charge in [0.05, 0.1) is 0 Å². The number of ether oxygens (including phenoxy) is 2. The summed E-state index contributed by atoms with van der Waals surface area (Å²) < 4.78 is 20.9. The smallest absolute Gasteiger partial charge is 0.332 e. The van der Waals surface area contributed by atoms with Crippen LogP contribution in [0.1, 0.15) is 5.56 Å². The van der Waals surface area contributed by atoms with E-state index < -0.39 is 19.5 Å². The molecule has 1 aromatic carbocycles. The molecule has 0 unspecified atom stereocenters. The first-order valence-corrected chi connectivity index (χ1v) is 6.68. The first kappa shape index (κ1) is 12.1. The Labute approximate surface area is 97.3 Å². The normalized spacial score (nSPS) is 13.8. The van der Waals surface area contributed by atoms with Gasteiger partial charge in [-0.15, -0.1) is 0 Å². The molecule has 7 heteroatoms. The summed E-state index contributed by atoms with van der Waals surface area (Å²) in [5, 5.41) is 0. The fourth-order valence-electron chi connectivity index (χ4n) is 1.56. The molecule has 1 aliphatic heterocycles. The SMILES string of the molecule is O=C(Cc1ccc2c(c1)OCO2)CP(=O)(O)O. The van der Waals surface area contributed by atoms with Crippen molar-refractivity contribution in [3.63, 3.8) is 0 Å². The van der Waals surface area contributed by atoms with Crippen molar-refractivity contribution in [2.75, 3.05) is 13.0 Å². The van der Waals surface area contributed by atoms with Crippen molar-refractivity contribution < 1.29 is 28.6 Å². The molecular weight excluding hydrogens is 247 g/mol. The molecule has 0 atom stereocenters. The molecule has 6 nitrogen and oxygen atoms in total. The maximum Gasteiger partial charge on any atom is 0.332 e. The summed E-state index contributed by atoms with van der Waals surface area (Å²) in [6.45, 7) is 0.148. The molecule has 0 aromatic heterocycles. The first-order valence-electron chi connectivity index (χ1n) is 4.89. The van der Waals surface area contributed by atoms with Crippen LogP contribution in [-0.4, -0.2) is 28.5 Å². The minimum Gasteiger partial charge on any atom is -0.454 e. The molecule has 0 saturated carbocycles. The lowest BCUT2D eigenvalue weighted by Gasteiger charge is -2.04. The van der Waals surface area contributed by atoms with Gasteiger partial charge in [0.2, 0.25) is 6.79 Å². The van der Waals surface area contributed by atoms with E-state index in [-0.39, 0.29) is 13.2 Å². The largest absolute Gasteiger partial charge is 0.454 e. The molecule has 0 amide bonds. The van der Waals surface area contributed by atoms with Gasteiger partial charge >= 0.3 is 7.60 Å². The summed E-state index contributed by atoms with van der Waals surface area (Å²) in [5.41, 5.74) is 0.646. The van der Waals surface area contributed by atoms with Crippen molar-refractivity contribution in [2.45, 2.75) is 6.42 Å². The lowest BCUT2D eigenvalue weighted by molar-refractivity contribution is -0.116.